The zero-order valence-electron chi connectivity index (χ0n) is 12.2. The van der Waals surface area contributed by atoms with E-state index < -0.39 is 5.97 Å². The van der Waals surface area contributed by atoms with Gasteiger partial charge in [0.2, 0.25) is 0 Å². The van der Waals surface area contributed by atoms with Gasteiger partial charge in [-0.15, -0.1) is 0 Å². The highest BCUT2D eigenvalue weighted by atomic mass is 35.5. The van der Waals surface area contributed by atoms with E-state index in [2.05, 4.69) is 0 Å². The van der Waals surface area contributed by atoms with E-state index in [1.165, 1.54) is 7.11 Å². The van der Waals surface area contributed by atoms with Crippen molar-refractivity contribution in [1.82, 2.24) is 0 Å². The average molecular weight is 319 g/mol. The second-order valence-electron chi connectivity index (χ2n) is 4.48. The molecule has 0 aliphatic carbocycles. The number of carboxylic acid groups (broad SMARTS) is 1. The topological polar surface area (TPSA) is 55.8 Å². The predicted molar refractivity (Wildman–Crippen MR) is 85.7 cm³/mol. The van der Waals surface area contributed by atoms with Gasteiger partial charge in [-0.05, 0) is 41.0 Å². The van der Waals surface area contributed by atoms with Crippen molar-refractivity contribution in [3.63, 3.8) is 0 Å². The van der Waals surface area contributed by atoms with E-state index in [0.717, 1.165) is 6.08 Å². The first-order valence-electron chi connectivity index (χ1n) is 6.48. The van der Waals surface area contributed by atoms with Crippen LogP contribution in [0.2, 0.25) is 5.02 Å². The third-order valence-corrected chi connectivity index (χ3v) is 3.33. The summed E-state index contributed by atoms with van der Waals surface area (Å²) >= 11 is 6.00. The average Bonchev–Trinajstić information content (AvgIpc) is 2.51. The molecule has 22 heavy (non-hydrogen) atoms. The zero-order chi connectivity index (χ0) is 16.1. The van der Waals surface area contributed by atoms with Gasteiger partial charge in [0.05, 0.1) is 14.2 Å². The maximum absolute atomic E-state index is 11.2. The molecule has 2 aromatic carbocycles. The number of halogens is 1. The van der Waals surface area contributed by atoms with E-state index in [1.807, 2.05) is 0 Å². The second kappa shape index (κ2) is 7.00. The number of hydrogen-bond acceptors (Lipinski definition) is 3. The lowest BCUT2D eigenvalue weighted by atomic mass is 9.97. The molecule has 0 bridgehead atoms. The first kappa shape index (κ1) is 15.9. The van der Waals surface area contributed by atoms with Crippen molar-refractivity contribution < 1.29 is 19.4 Å². The Labute approximate surface area is 133 Å². The van der Waals surface area contributed by atoms with Crippen LogP contribution in [0.15, 0.2) is 48.5 Å². The predicted octanol–water partition coefficient (Wildman–Crippen LogP) is 3.87. The SMILES string of the molecule is COc1ccc(C(=CC(=O)O)c2cccc(Cl)c2)cc1OC. The molecule has 0 unspecified atom stereocenters. The van der Waals surface area contributed by atoms with E-state index in [-0.39, 0.29) is 0 Å². The lowest BCUT2D eigenvalue weighted by Gasteiger charge is -2.12. The summed E-state index contributed by atoms with van der Waals surface area (Å²) in [4.78, 5) is 11.2. The third-order valence-electron chi connectivity index (χ3n) is 3.10. The van der Waals surface area contributed by atoms with Gasteiger partial charge in [0, 0.05) is 11.1 Å². The molecule has 0 radical (unpaired) electrons. The van der Waals surface area contributed by atoms with Crippen LogP contribution in [0.3, 0.4) is 0 Å². The van der Waals surface area contributed by atoms with Crippen molar-refractivity contribution in [2.75, 3.05) is 14.2 Å². The van der Waals surface area contributed by atoms with Crippen LogP contribution in [-0.4, -0.2) is 25.3 Å². The van der Waals surface area contributed by atoms with Crippen molar-refractivity contribution in [2.45, 2.75) is 0 Å². The molecule has 0 amide bonds. The fraction of sp³-hybridized carbons (Fsp3) is 0.118. The Kier molecular flexibility index (Phi) is 5.07. The van der Waals surface area contributed by atoms with Crippen LogP contribution >= 0.6 is 11.6 Å². The zero-order valence-corrected chi connectivity index (χ0v) is 12.9. The second-order valence-corrected chi connectivity index (χ2v) is 4.91. The van der Waals surface area contributed by atoms with Gasteiger partial charge in [-0.1, -0.05) is 29.8 Å². The van der Waals surface area contributed by atoms with Gasteiger partial charge < -0.3 is 14.6 Å². The van der Waals surface area contributed by atoms with Crippen LogP contribution in [0.1, 0.15) is 11.1 Å². The highest BCUT2D eigenvalue weighted by molar-refractivity contribution is 6.30. The monoisotopic (exact) mass is 318 g/mol. The van der Waals surface area contributed by atoms with Gasteiger partial charge >= 0.3 is 5.97 Å². The summed E-state index contributed by atoms with van der Waals surface area (Å²) in [7, 11) is 3.07. The summed E-state index contributed by atoms with van der Waals surface area (Å²) in [6.07, 6.45) is 1.15. The van der Waals surface area contributed by atoms with Crippen LogP contribution in [0.5, 0.6) is 11.5 Å². The number of carboxylic acids is 1. The summed E-state index contributed by atoms with van der Waals surface area (Å²) < 4.78 is 10.5. The molecule has 0 heterocycles. The molecule has 1 N–H and O–H groups in total. The quantitative estimate of drug-likeness (QED) is 0.850. The number of carbonyl (C=O) groups is 1. The fourth-order valence-corrected chi connectivity index (χ4v) is 2.31. The Bertz CT molecular complexity index is 722. The minimum Gasteiger partial charge on any atom is -0.493 e. The normalized spacial score (nSPS) is 11.1. The Morgan fingerprint density at radius 1 is 1.05 bits per heavy atom. The standard InChI is InChI=1S/C17H15ClO4/c1-21-15-7-6-12(9-16(15)22-2)14(10-17(19)20)11-4-3-5-13(18)8-11/h3-10H,1-2H3,(H,19,20). The van der Waals surface area contributed by atoms with Crippen LogP contribution < -0.4 is 9.47 Å². The number of methoxy groups -OCH3 is 2. The summed E-state index contributed by atoms with van der Waals surface area (Å²) in [6, 6.07) is 12.3. The van der Waals surface area contributed by atoms with Gasteiger partial charge in [0.25, 0.3) is 0 Å². The first-order valence-corrected chi connectivity index (χ1v) is 6.86. The Morgan fingerprint density at radius 2 is 1.73 bits per heavy atom. The van der Waals surface area contributed by atoms with E-state index in [4.69, 9.17) is 26.2 Å². The first-order chi connectivity index (χ1) is 10.5. The summed E-state index contributed by atoms with van der Waals surface area (Å²) in [6.45, 7) is 0. The van der Waals surface area contributed by atoms with Crippen molar-refractivity contribution in [3.8, 4) is 11.5 Å². The van der Waals surface area contributed by atoms with Gasteiger partial charge in [0.15, 0.2) is 11.5 Å². The van der Waals surface area contributed by atoms with Crippen molar-refractivity contribution in [3.05, 3.63) is 64.7 Å². The van der Waals surface area contributed by atoms with Crippen LogP contribution in [-0.2, 0) is 4.79 Å². The van der Waals surface area contributed by atoms with Crippen LogP contribution in [0, 0.1) is 0 Å². The fourth-order valence-electron chi connectivity index (χ4n) is 2.12. The van der Waals surface area contributed by atoms with Crippen molar-refractivity contribution in [2.24, 2.45) is 0 Å². The lowest BCUT2D eigenvalue weighted by Crippen LogP contribution is -1.97. The number of hydrogen-bond donors (Lipinski definition) is 1. The molecule has 0 fully saturated rings. The Balaban J connectivity index is 2.58. The number of aliphatic carboxylic acids is 1. The molecule has 0 aliphatic heterocycles. The van der Waals surface area contributed by atoms with E-state index in [0.29, 0.717) is 33.2 Å². The molecule has 2 aromatic rings. The number of rotatable bonds is 5. The molecule has 0 atom stereocenters. The van der Waals surface area contributed by atoms with Gasteiger partial charge in [-0.2, -0.15) is 0 Å². The molecule has 5 heteroatoms. The maximum atomic E-state index is 11.2. The lowest BCUT2D eigenvalue weighted by molar-refractivity contribution is -0.131. The van der Waals surface area contributed by atoms with E-state index in [9.17, 15) is 4.79 Å². The summed E-state index contributed by atoms with van der Waals surface area (Å²) in [5, 5.41) is 9.67. The van der Waals surface area contributed by atoms with E-state index in [1.54, 1.807) is 49.6 Å². The van der Waals surface area contributed by atoms with Gasteiger partial charge in [0.1, 0.15) is 0 Å². The molecular formula is C17H15ClO4. The summed E-state index contributed by atoms with van der Waals surface area (Å²) in [5.74, 6) is 0.0649. The minimum atomic E-state index is -1.04. The van der Waals surface area contributed by atoms with Gasteiger partial charge in [-0.3, -0.25) is 0 Å². The molecule has 114 valence electrons. The van der Waals surface area contributed by atoms with Crippen LogP contribution in [0.25, 0.3) is 5.57 Å². The molecule has 2 rings (SSSR count). The molecule has 0 aromatic heterocycles. The smallest absolute Gasteiger partial charge is 0.328 e. The molecular weight excluding hydrogens is 304 g/mol. The number of benzene rings is 2. The maximum Gasteiger partial charge on any atom is 0.328 e. The van der Waals surface area contributed by atoms with E-state index >= 15 is 0 Å². The Morgan fingerprint density at radius 3 is 2.32 bits per heavy atom. The Hall–Kier alpha value is -2.46. The highest BCUT2D eigenvalue weighted by Crippen LogP contribution is 2.33. The third kappa shape index (κ3) is 3.59. The largest absolute Gasteiger partial charge is 0.493 e. The van der Waals surface area contributed by atoms with Gasteiger partial charge in [-0.25, -0.2) is 4.79 Å². The highest BCUT2D eigenvalue weighted by Gasteiger charge is 2.12. The molecule has 0 spiro atoms. The molecule has 0 saturated carbocycles. The molecule has 4 nitrogen and oxygen atoms in total. The van der Waals surface area contributed by atoms with Crippen molar-refractivity contribution in [1.29, 1.82) is 0 Å². The summed E-state index contributed by atoms with van der Waals surface area (Å²) in [5.41, 5.74) is 1.94. The van der Waals surface area contributed by atoms with Crippen LogP contribution in [0.4, 0.5) is 0 Å². The van der Waals surface area contributed by atoms with Crippen molar-refractivity contribution >= 4 is 23.1 Å². The molecule has 0 saturated heterocycles. The number of ether oxygens (including phenoxy) is 2. The molecule has 0 aliphatic rings. The minimum absolute atomic E-state index is 0.526.